The van der Waals surface area contributed by atoms with E-state index in [4.69, 9.17) is 9.97 Å². The predicted molar refractivity (Wildman–Crippen MR) is 101 cm³/mol. The molecule has 24 heavy (non-hydrogen) atoms. The molecule has 0 fully saturated rings. The molecule has 0 bridgehead atoms. The van der Waals surface area contributed by atoms with Crippen molar-refractivity contribution in [3.8, 4) is 22.5 Å². The molecular weight excluding hydrogens is 426 g/mol. The van der Waals surface area contributed by atoms with E-state index in [2.05, 4.69) is 58.4 Å². The Hall–Kier alpha value is -1.70. The van der Waals surface area contributed by atoms with Crippen LogP contribution in [0, 0.1) is 0 Å². The topological polar surface area (TPSA) is 25.8 Å². The fraction of sp³-hybridized carbons (Fsp3) is 0.100. The molecular formula is C20H16N2Se2. The van der Waals surface area contributed by atoms with Crippen molar-refractivity contribution in [2.24, 2.45) is 0 Å². The van der Waals surface area contributed by atoms with Crippen molar-refractivity contribution in [1.82, 2.24) is 9.97 Å². The van der Waals surface area contributed by atoms with Crippen molar-refractivity contribution >= 4 is 29.0 Å². The van der Waals surface area contributed by atoms with Gasteiger partial charge in [0, 0.05) is 0 Å². The van der Waals surface area contributed by atoms with Crippen LogP contribution in [0.1, 0.15) is 9.14 Å². The Bertz CT molecular complexity index is 833. The summed E-state index contributed by atoms with van der Waals surface area (Å²) in [7, 11) is 0. The SMILES string of the molecule is c1ccc(-c2c[se]c(CCc3nc(-c4ccccc4)c[se]3)n2)cc1. The third kappa shape index (κ3) is 3.68. The summed E-state index contributed by atoms with van der Waals surface area (Å²) in [6.07, 6.45) is 2.09. The van der Waals surface area contributed by atoms with Crippen LogP contribution in [0.2, 0.25) is 0 Å². The molecule has 0 saturated heterocycles. The summed E-state index contributed by atoms with van der Waals surface area (Å²) in [5, 5.41) is 0. The van der Waals surface area contributed by atoms with Crippen molar-refractivity contribution in [2.45, 2.75) is 12.8 Å². The van der Waals surface area contributed by atoms with Gasteiger partial charge in [0.2, 0.25) is 0 Å². The average molecular weight is 442 g/mol. The molecule has 0 aliphatic carbocycles. The van der Waals surface area contributed by atoms with E-state index in [1.807, 2.05) is 12.1 Å². The van der Waals surface area contributed by atoms with Gasteiger partial charge in [-0.2, -0.15) is 0 Å². The first-order valence-electron chi connectivity index (χ1n) is 7.88. The van der Waals surface area contributed by atoms with Crippen LogP contribution >= 0.6 is 0 Å². The first-order chi connectivity index (χ1) is 11.9. The Morgan fingerprint density at radius 3 is 1.42 bits per heavy atom. The van der Waals surface area contributed by atoms with Crippen LogP contribution in [0.5, 0.6) is 0 Å². The van der Waals surface area contributed by atoms with Gasteiger partial charge in [-0.3, -0.25) is 0 Å². The average Bonchev–Trinajstić information content (AvgIpc) is 3.31. The minimum atomic E-state index is 0.396. The third-order valence-corrected chi connectivity index (χ3v) is 7.61. The fourth-order valence-electron chi connectivity index (χ4n) is 2.55. The van der Waals surface area contributed by atoms with Crippen LogP contribution in [0.4, 0.5) is 0 Å². The number of benzene rings is 2. The van der Waals surface area contributed by atoms with E-state index >= 15 is 0 Å². The molecule has 2 nitrogen and oxygen atoms in total. The Balaban J connectivity index is 1.43. The number of aromatic nitrogens is 2. The molecule has 0 amide bonds. The Kier molecular flexibility index (Phi) is 4.91. The van der Waals surface area contributed by atoms with Crippen LogP contribution in [-0.4, -0.2) is 39.0 Å². The third-order valence-electron chi connectivity index (χ3n) is 3.80. The summed E-state index contributed by atoms with van der Waals surface area (Å²) in [5.41, 5.74) is 4.75. The molecule has 0 unspecified atom stereocenters. The molecule has 4 aromatic rings. The van der Waals surface area contributed by atoms with E-state index in [0.717, 1.165) is 24.2 Å². The standard InChI is InChI=1S/C20H16N2Se2/c1-3-7-15(8-4-1)17-13-23-19(21-17)11-12-20-22-18(14-24-20)16-9-5-2-6-10-16/h1-10,13-14H,11-12H2. The molecule has 0 radical (unpaired) electrons. The number of aryl methyl sites for hydroxylation is 2. The molecule has 2 heterocycles. The predicted octanol–water partition coefficient (Wildman–Crippen LogP) is 3.71. The van der Waals surface area contributed by atoms with Gasteiger partial charge in [-0.15, -0.1) is 0 Å². The quantitative estimate of drug-likeness (QED) is 0.441. The maximum absolute atomic E-state index is 4.84. The minimum absolute atomic E-state index is 0.396. The van der Waals surface area contributed by atoms with E-state index in [-0.39, 0.29) is 0 Å². The van der Waals surface area contributed by atoms with Gasteiger partial charge in [0.25, 0.3) is 0 Å². The van der Waals surface area contributed by atoms with Crippen LogP contribution < -0.4 is 0 Å². The second-order valence-corrected chi connectivity index (χ2v) is 9.44. The summed E-state index contributed by atoms with van der Waals surface area (Å²) in [6.45, 7) is 0. The maximum atomic E-state index is 4.84. The summed E-state index contributed by atoms with van der Waals surface area (Å²) in [5.74, 6) is 0. The van der Waals surface area contributed by atoms with E-state index in [0.29, 0.717) is 29.0 Å². The molecule has 0 saturated carbocycles. The van der Waals surface area contributed by atoms with Gasteiger partial charge in [-0.05, 0) is 0 Å². The monoisotopic (exact) mass is 444 g/mol. The summed E-state index contributed by atoms with van der Waals surface area (Å²) < 4.78 is 2.68. The van der Waals surface area contributed by atoms with Gasteiger partial charge in [0.15, 0.2) is 0 Å². The molecule has 0 atom stereocenters. The zero-order valence-corrected chi connectivity index (χ0v) is 16.5. The van der Waals surface area contributed by atoms with Crippen molar-refractivity contribution in [3.63, 3.8) is 0 Å². The van der Waals surface area contributed by atoms with Gasteiger partial charge >= 0.3 is 154 Å². The van der Waals surface area contributed by atoms with Crippen LogP contribution in [-0.2, 0) is 12.8 Å². The zero-order chi connectivity index (χ0) is 16.2. The second kappa shape index (κ2) is 7.46. The molecule has 2 aromatic carbocycles. The number of rotatable bonds is 5. The van der Waals surface area contributed by atoms with Gasteiger partial charge < -0.3 is 0 Å². The van der Waals surface area contributed by atoms with Crippen LogP contribution in [0.25, 0.3) is 22.5 Å². The van der Waals surface area contributed by atoms with Crippen molar-refractivity contribution in [3.05, 3.63) is 79.7 Å². The first kappa shape index (κ1) is 15.8. The normalized spacial score (nSPS) is 10.8. The van der Waals surface area contributed by atoms with Gasteiger partial charge in [-0.25, -0.2) is 0 Å². The Morgan fingerprint density at radius 2 is 1.00 bits per heavy atom. The molecule has 4 heteroatoms. The second-order valence-electron chi connectivity index (χ2n) is 5.49. The van der Waals surface area contributed by atoms with E-state index < -0.39 is 0 Å². The molecule has 118 valence electrons. The molecule has 2 aromatic heterocycles. The van der Waals surface area contributed by atoms with Gasteiger partial charge in [-0.1, -0.05) is 0 Å². The van der Waals surface area contributed by atoms with Crippen LogP contribution in [0.15, 0.2) is 70.5 Å². The number of hydrogen-bond donors (Lipinski definition) is 0. The van der Waals surface area contributed by atoms with Gasteiger partial charge in [0.05, 0.1) is 0 Å². The van der Waals surface area contributed by atoms with Gasteiger partial charge in [0.1, 0.15) is 0 Å². The molecule has 4 rings (SSSR count). The molecule has 0 aliphatic rings. The molecule has 0 N–H and O–H groups in total. The summed E-state index contributed by atoms with van der Waals surface area (Å²) in [4.78, 5) is 14.3. The van der Waals surface area contributed by atoms with E-state index in [1.165, 1.54) is 20.3 Å². The van der Waals surface area contributed by atoms with Crippen molar-refractivity contribution in [1.29, 1.82) is 0 Å². The molecule has 0 aliphatic heterocycles. The zero-order valence-electron chi connectivity index (χ0n) is 13.1. The van der Waals surface area contributed by atoms with E-state index in [1.54, 1.807) is 0 Å². The summed E-state index contributed by atoms with van der Waals surface area (Å²) in [6, 6.07) is 20.9. The number of nitrogens with zero attached hydrogens (tertiary/aromatic N) is 2. The summed E-state index contributed by atoms with van der Waals surface area (Å²) >= 11 is 0.792. The van der Waals surface area contributed by atoms with Crippen molar-refractivity contribution < 1.29 is 0 Å². The Labute approximate surface area is 153 Å². The van der Waals surface area contributed by atoms with Crippen LogP contribution in [0.3, 0.4) is 0 Å². The van der Waals surface area contributed by atoms with Crippen molar-refractivity contribution in [2.75, 3.05) is 0 Å². The van der Waals surface area contributed by atoms with E-state index in [9.17, 15) is 0 Å². The number of hydrogen-bond acceptors (Lipinski definition) is 2. The fourth-order valence-corrected chi connectivity index (χ4v) is 5.94. The molecule has 0 spiro atoms. The Morgan fingerprint density at radius 1 is 0.583 bits per heavy atom. The first-order valence-corrected chi connectivity index (χ1v) is 11.6.